The molecule has 22 heavy (non-hydrogen) atoms. The van der Waals surface area contributed by atoms with Crippen LogP contribution in [0, 0.1) is 23.3 Å². The highest BCUT2D eigenvalue weighted by Crippen LogP contribution is 2.31. The van der Waals surface area contributed by atoms with Crippen molar-refractivity contribution in [3.63, 3.8) is 0 Å². The zero-order valence-corrected chi connectivity index (χ0v) is 13.2. The van der Waals surface area contributed by atoms with Gasteiger partial charge < -0.3 is 5.32 Å². The number of nitrogens with one attached hydrogen (secondary N) is 1. The Morgan fingerprint density at radius 3 is 2.27 bits per heavy atom. The highest BCUT2D eigenvalue weighted by atomic mass is 35.5. The first-order valence-corrected chi connectivity index (χ1v) is 7.74. The summed E-state index contributed by atoms with van der Waals surface area (Å²) in [5.74, 6) is -7.28. The van der Waals surface area contributed by atoms with Crippen LogP contribution < -0.4 is 5.32 Å². The molecule has 1 aliphatic rings. The SMILES string of the molecule is CNCC1CCCN1S(=O)(=O)c1c(F)c(F)cc(F)c1F.Cl. The van der Waals surface area contributed by atoms with Gasteiger partial charge in [0.05, 0.1) is 0 Å². The van der Waals surface area contributed by atoms with Crippen LogP contribution in [0.3, 0.4) is 0 Å². The Bertz CT molecular complexity index is 631. The molecule has 1 unspecified atom stereocenters. The highest BCUT2D eigenvalue weighted by molar-refractivity contribution is 7.89. The van der Waals surface area contributed by atoms with Gasteiger partial charge in [-0.25, -0.2) is 26.0 Å². The Morgan fingerprint density at radius 1 is 1.23 bits per heavy atom. The molecule has 1 N–H and O–H groups in total. The summed E-state index contributed by atoms with van der Waals surface area (Å²) in [5.41, 5.74) is 0. The van der Waals surface area contributed by atoms with Crippen molar-refractivity contribution in [3.05, 3.63) is 29.3 Å². The van der Waals surface area contributed by atoms with Crippen LogP contribution in [-0.4, -0.2) is 38.9 Å². The molecule has 10 heteroatoms. The maximum atomic E-state index is 13.7. The summed E-state index contributed by atoms with van der Waals surface area (Å²) < 4.78 is 79.4. The largest absolute Gasteiger partial charge is 0.318 e. The lowest BCUT2D eigenvalue weighted by Crippen LogP contribution is -2.41. The van der Waals surface area contributed by atoms with E-state index in [1.54, 1.807) is 7.05 Å². The Labute approximate surface area is 132 Å². The van der Waals surface area contributed by atoms with Crippen molar-refractivity contribution in [1.82, 2.24) is 9.62 Å². The fraction of sp³-hybridized carbons (Fsp3) is 0.500. The smallest absolute Gasteiger partial charge is 0.249 e. The van der Waals surface area contributed by atoms with Gasteiger partial charge in [-0.3, -0.25) is 0 Å². The monoisotopic (exact) mass is 362 g/mol. The number of hydrogen-bond donors (Lipinski definition) is 1. The summed E-state index contributed by atoms with van der Waals surface area (Å²) in [6.07, 6.45) is 1.01. The predicted molar refractivity (Wildman–Crippen MR) is 74.4 cm³/mol. The molecule has 0 radical (unpaired) electrons. The Morgan fingerprint density at radius 2 is 1.77 bits per heavy atom. The van der Waals surface area contributed by atoms with E-state index in [-0.39, 0.29) is 31.6 Å². The average Bonchev–Trinajstić information content (AvgIpc) is 2.86. The van der Waals surface area contributed by atoms with E-state index >= 15 is 0 Å². The molecule has 4 nitrogen and oxygen atoms in total. The molecule has 1 heterocycles. The second kappa shape index (κ2) is 7.12. The topological polar surface area (TPSA) is 49.4 Å². The van der Waals surface area contributed by atoms with E-state index < -0.39 is 44.2 Å². The minimum absolute atomic E-state index is 0. The second-order valence-corrected chi connectivity index (χ2v) is 6.59. The normalized spacial score (nSPS) is 19.2. The van der Waals surface area contributed by atoms with E-state index in [0.29, 0.717) is 12.8 Å². The first-order chi connectivity index (χ1) is 9.80. The molecule has 1 saturated heterocycles. The molecule has 0 aromatic heterocycles. The van der Waals surface area contributed by atoms with Crippen molar-refractivity contribution in [2.75, 3.05) is 20.1 Å². The first-order valence-electron chi connectivity index (χ1n) is 6.30. The third-order valence-corrected chi connectivity index (χ3v) is 5.37. The Balaban J connectivity index is 0.00000242. The van der Waals surface area contributed by atoms with Crippen LogP contribution in [0.25, 0.3) is 0 Å². The second-order valence-electron chi connectivity index (χ2n) is 4.77. The molecule has 1 fully saturated rings. The summed E-state index contributed by atoms with van der Waals surface area (Å²) >= 11 is 0. The van der Waals surface area contributed by atoms with Gasteiger partial charge in [-0.05, 0) is 19.9 Å². The van der Waals surface area contributed by atoms with E-state index in [2.05, 4.69) is 5.32 Å². The minimum atomic E-state index is -4.65. The number of hydrogen-bond acceptors (Lipinski definition) is 3. The van der Waals surface area contributed by atoms with Crippen molar-refractivity contribution in [2.45, 2.75) is 23.8 Å². The zero-order chi connectivity index (χ0) is 15.8. The fourth-order valence-corrected chi connectivity index (χ4v) is 4.28. The average molecular weight is 363 g/mol. The lowest BCUT2D eigenvalue weighted by atomic mass is 10.2. The molecule has 126 valence electrons. The van der Waals surface area contributed by atoms with E-state index in [0.717, 1.165) is 4.31 Å². The van der Waals surface area contributed by atoms with Crippen LogP contribution in [0.1, 0.15) is 12.8 Å². The molecule has 2 rings (SSSR count). The number of rotatable bonds is 4. The molecule has 1 aromatic rings. The van der Waals surface area contributed by atoms with Gasteiger partial charge in [-0.2, -0.15) is 4.31 Å². The summed E-state index contributed by atoms with van der Waals surface area (Å²) in [5, 5.41) is 2.77. The van der Waals surface area contributed by atoms with Crippen LogP contribution in [0.4, 0.5) is 17.6 Å². The molecule has 0 spiro atoms. The van der Waals surface area contributed by atoms with Gasteiger partial charge in [0.1, 0.15) is 0 Å². The van der Waals surface area contributed by atoms with Crippen LogP contribution >= 0.6 is 12.4 Å². The Hall–Kier alpha value is -0.900. The molecule has 0 amide bonds. The summed E-state index contributed by atoms with van der Waals surface area (Å²) in [6.45, 7) is 0.325. The van der Waals surface area contributed by atoms with Crippen molar-refractivity contribution in [1.29, 1.82) is 0 Å². The van der Waals surface area contributed by atoms with Gasteiger partial charge in [0, 0.05) is 25.2 Å². The van der Waals surface area contributed by atoms with Crippen LogP contribution in [0.15, 0.2) is 11.0 Å². The minimum Gasteiger partial charge on any atom is -0.318 e. The summed E-state index contributed by atoms with van der Waals surface area (Å²) in [6, 6.07) is -0.524. The third kappa shape index (κ3) is 3.22. The van der Waals surface area contributed by atoms with E-state index in [4.69, 9.17) is 0 Å². The highest BCUT2D eigenvalue weighted by Gasteiger charge is 2.40. The molecular weight excluding hydrogens is 348 g/mol. The summed E-state index contributed by atoms with van der Waals surface area (Å²) in [7, 11) is -3.05. The van der Waals surface area contributed by atoms with Crippen molar-refractivity contribution >= 4 is 22.4 Å². The van der Waals surface area contributed by atoms with Gasteiger partial charge in [-0.1, -0.05) is 0 Å². The Kier molecular flexibility index (Phi) is 6.19. The molecule has 1 aromatic carbocycles. The van der Waals surface area contributed by atoms with Gasteiger partial charge in [0.15, 0.2) is 28.2 Å². The number of nitrogens with zero attached hydrogens (tertiary/aromatic N) is 1. The number of likely N-dealkylation sites (N-methyl/N-ethyl adjacent to an activating group) is 1. The number of halogens is 5. The van der Waals surface area contributed by atoms with Crippen LogP contribution in [0.2, 0.25) is 0 Å². The van der Waals surface area contributed by atoms with Gasteiger partial charge in [0.25, 0.3) is 0 Å². The third-order valence-electron chi connectivity index (χ3n) is 3.40. The molecular formula is C12H15ClF4N2O2S. The van der Waals surface area contributed by atoms with E-state index in [1.807, 2.05) is 0 Å². The molecule has 0 aliphatic carbocycles. The quantitative estimate of drug-likeness (QED) is 0.658. The predicted octanol–water partition coefficient (Wildman–Crippen LogP) is 2.04. The number of sulfonamides is 1. The standard InChI is InChI=1S/C12H14F4N2O2S.ClH/c1-17-6-7-3-2-4-18(7)21(19,20)12-10(15)8(13)5-9(14)11(12)16;/h5,7,17H,2-4,6H2,1H3;1H. The molecule has 0 bridgehead atoms. The lowest BCUT2D eigenvalue weighted by Gasteiger charge is -2.24. The van der Waals surface area contributed by atoms with E-state index in [9.17, 15) is 26.0 Å². The maximum absolute atomic E-state index is 13.7. The maximum Gasteiger partial charge on any atom is 0.249 e. The van der Waals surface area contributed by atoms with Crippen LogP contribution in [0.5, 0.6) is 0 Å². The van der Waals surface area contributed by atoms with Gasteiger partial charge >= 0.3 is 0 Å². The molecule has 1 atom stereocenters. The summed E-state index contributed by atoms with van der Waals surface area (Å²) in [4.78, 5) is -1.57. The molecule has 0 saturated carbocycles. The molecule has 1 aliphatic heterocycles. The van der Waals surface area contributed by atoms with Crippen molar-refractivity contribution < 1.29 is 26.0 Å². The van der Waals surface area contributed by atoms with Gasteiger partial charge in [-0.15, -0.1) is 12.4 Å². The van der Waals surface area contributed by atoms with Crippen molar-refractivity contribution in [3.8, 4) is 0 Å². The fourth-order valence-electron chi connectivity index (χ4n) is 2.46. The zero-order valence-electron chi connectivity index (χ0n) is 11.6. The number of benzene rings is 1. The van der Waals surface area contributed by atoms with Crippen molar-refractivity contribution in [2.24, 2.45) is 0 Å². The van der Waals surface area contributed by atoms with Gasteiger partial charge in [0.2, 0.25) is 10.0 Å². The van der Waals surface area contributed by atoms with E-state index in [1.165, 1.54) is 0 Å². The first kappa shape index (κ1) is 19.1. The lowest BCUT2D eigenvalue weighted by molar-refractivity contribution is 0.364. The van der Waals surface area contributed by atoms with Crippen LogP contribution in [-0.2, 0) is 10.0 Å².